The minimum absolute atomic E-state index is 0.0667. The molecule has 1 heterocycles. The molecule has 1 amide bonds. The molecule has 7 nitrogen and oxygen atoms in total. The van der Waals surface area contributed by atoms with Crippen LogP contribution in [0.3, 0.4) is 0 Å². The molecule has 1 atom stereocenters. The summed E-state index contributed by atoms with van der Waals surface area (Å²) in [4.78, 5) is 17.2. The summed E-state index contributed by atoms with van der Waals surface area (Å²) in [6, 6.07) is 28.9. The van der Waals surface area contributed by atoms with Gasteiger partial charge in [0.1, 0.15) is 0 Å². The van der Waals surface area contributed by atoms with E-state index < -0.39 is 10.0 Å². The van der Waals surface area contributed by atoms with E-state index in [9.17, 15) is 13.2 Å². The van der Waals surface area contributed by atoms with Crippen LogP contribution in [0.25, 0.3) is 0 Å². The number of hydrogen-bond acceptors (Lipinski definition) is 5. The van der Waals surface area contributed by atoms with Gasteiger partial charge < -0.3 is 14.5 Å². The maximum atomic E-state index is 13.2. The summed E-state index contributed by atoms with van der Waals surface area (Å²) < 4.78 is 33.0. The van der Waals surface area contributed by atoms with Crippen molar-refractivity contribution in [1.82, 2.24) is 14.1 Å². The molecule has 0 spiro atoms. The van der Waals surface area contributed by atoms with Gasteiger partial charge in [0.05, 0.1) is 12.0 Å². The molecule has 1 aliphatic rings. The number of benzene rings is 3. The largest absolute Gasteiger partial charge is 0.453 e. The number of methoxy groups -OCH3 is 1. The average molecular weight is 550 g/mol. The van der Waals surface area contributed by atoms with Crippen LogP contribution >= 0.6 is 0 Å². The minimum atomic E-state index is -3.57. The van der Waals surface area contributed by atoms with Crippen LogP contribution in [-0.2, 0) is 21.3 Å². The first-order chi connectivity index (χ1) is 18.9. The summed E-state index contributed by atoms with van der Waals surface area (Å²) in [6.07, 6.45) is 2.30. The molecule has 39 heavy (non-hydrogen) atoms. The topological polar surface area (TPSA) is 70.2 Å². The third-order valence-corrected chi connectivity index (χ3v) is 9.43. The van der Waals surface area contributed by atoms with Crippen molar-refractivity contribution in [3.63, 3.8) is 0 Å². The van der Waals surface area contributed by atoms with Crippen molar-refractivity contribution in [2.45, 2.75) is 42.7 Å². The van der Waals surface area contributed by atoms with E-state index in [0.29, 0.717) is 18.0 Å². The Balaban J connectivity index is 1.37. The van der Waals surface area contributed by atoms with E-state index in [0.717, 1.165) is 50.0 Å². The van der Waals surface area contributed by atoms with Gasteiger partial charge in [0.15, 0.2) is 0 Å². The molecule has 0 bridgehead atoms. The first-order valence-electron chi connectivity index (χ1n) is 13.6. The Hall–Kier alpha value is -3.20. The third-order valence-electron chi connectivity index (χ3n) is 7.60. The van der Waals surface area contributed by atoms with Gasteiger partial charge >= 0.3 is 6.09 Å². The van der Waals surface area contributed by atoms with Crippen molar-refractivity contribution >= 4 is 16.1 Å². The minimum Gasteiger partial charge on any atom is -0.453 e. The highest BCUT2D eigenvalue weighted by Crippen LogP contribution is 2.26. The maximum absolute atomic E-state index is 13.2. The first kappa shape index (κ1) is 28.8. The monoisotopic (exact) mass is 549 g/mol. The Bertz CT molecular complexity index is 1260. The van der Waals surface area contributed by atoms with Gasteiger partial charge in [-0.2, -0.15) is 0 Å². The summed E-state index contributed by atoms with van der Waals surface area (Å²) in [5.74, 6) is 0.0667. The fourth-order valence-corrected chi connectivity index (χ4v) is 6.54. The Labute approximate surface area is 233 Å². The van der Waals surface area contributed by atoms with Gasteiger partial charge in [0.2, 0.25) is 10.0 Å². The van der Waals surface area contributed by atoms with E-state index in [2.05, 4.69) is 17.0 Å². The number of sulfonamides is 1. The van der Waals surface area contributed by atoms with Crippen LogP contribution in [0.15, 0.2) is 95.9 Å². The Morgan fingerprint density at radius 3 is 2.08 bits per heavy atom. The van der Waals surface area contributed by atoms with Gasteiger partial charge in [-0.15, -0.1) is 0 Å². The van der Waals surface area contributed by atoms with Crippen LogP contribution in [0.1, 0.15) is 36.3 Å². The smallest absolute Gasteiger partial charge is 0.410 e. The number of likely N-dealkylation sites (tertiary alicyclic amines) is 1. The lowest BCUT2D eigenvalue weighted by molar-refractivity contribution is 0.0734. The Morgan fingerprint density at radius 1 is 0.923 bits per heavy atom. The zero-order chi connectivity index (χ0) is 27.7. The molecule has 0 aromatic heterocycles. The van der Waals surface area contributed by atoms with Gasteiger partial charge in [-0.05, 0) is 55.0 Å². The second kappa shape index (κ2) is 13.7. The molecule has 1 saturated heterocycles. The molecule has 0 radical (unpaired) electrons. The van der Waals surface area contributed by atoms with E-state index in [-0.39, 0.29) is 18.1 Å². The molecule has 0 N–H and O–H groups in total. The molecule has 0 saturated carbocycles. The number of ether oxygens (including phenoxy) is 1. The fraction of sp³-hybridized carbons (Fsp3) is 0.387. The summed E-state index contributed by atoms with van der Waals surface area (Å²) in [5, 5.41) is 0. The van der Waals surface area contributed by atoms with E-state index in [4.69, 9.17) is 4.74 Å². The highest BCUT2D eigenvalue weighted by molar-refractivity contribution is 7.89. The van der Waals surface area contributed by atoms with E-state index in [1.165, 1.54) is 11.4 Å². The van der Waals surface area contributed by atoms with Gasteiger partial charge in [0, 0.05) is 39.3 Å². The predicted octanol–water partition coefficient (Wildman–Crippen LogP) is 5.21. The summed E-state index contributed by atoms with van der Waals surface area (Å²) in [6.45, 7) is 3.57. The zero-order valence-corrected chi connectivity index (χ0v) is 23.7. The van der Waals surface area contributed by atoms with Gasteiger partial charge in [0.25, 0.3) is 0 Å². The van der Waals surface area contributed by atoms with E-state index in [1.54, 1.807) is 31.3 Å². The molecule has 3 aromatic carbocycles. The van der Waals surface area contributed by atoms with Crippen LogP contribution in [-0.4, -0.2) is 75.0 Å². The summed E-state index contributed by atoms with van der Waals surface area (Å²) in [7, 11) is -0.465. The molecule has 1 aliphatic heterocycles. The van der Waals surface area contributed by atoms with Crippen LogP contribution in [0.5, 0.6) is 0 Å². The quantitative estimate of drug-likeness (QED) is 0.328. The Kier molecular flexibility index (Phi) is 10.1. The lowest BCUT2D eigenvalue weighted by Gasteiger charge is -2.38. The molecule has 4 rings (SSSR count). The van der Waals surface area contributed by atoms with Crippen molar-refractivity contribution in [2.75, 3.05) is 40.3 Å². The highest BCUT2D eigenvalue weighted by atomic mass is 32.2. The number of nitrogens with zero attached hydrogens (tertiary/aromatic N) is 3. The summed E-state index contributed by atoms with van der Waals surface area (Å²) in [5.41, 5.74) is 2.23. The van der Waals surface area contributed by atoms with E-state index >= 15 is 0 Å². The van der Waals surface area contributed by atoms with Crippen LogP contribution in [0, 0.1) is 0 Å². The van der Waals surface area contributed by atoms with Crippen LogP contribution in [0.4, 0.5) is 4.79 Å². The molecular formula is C31H39N3O4S. The Morgan fingerprint density at radius 2 is 1.49 bits per heavy atom. The molecule has 8 heteroatoms. The van der Waals surface area contributed by atoms with Crippen LogP contribution < -0.4 is 0 Å². The van der Waals surface area contributed by atoms with Crippen molar-refractivity contribution in [2.24, 2.45) is 0 Å². The third kappa shape index (κ3) is 7.68. The number of rotatable bonds is 11. The average Bonchev–Trinajstić information content (AvgIpc) is 2.99. The molecule has 1 fully saturated rings. The van der Waals surface area contributed by atoms with Crippen molar-refractivity contribution < 1.29 is 17.9 Å². The number of piperidine rings is 1. The SMILES string of the molecule is COC(=O)N(Cc1ccccc1)C1CCN(CC[C@H](CN(C)S(=O)(=O)c2ccccc2)c2ccccc2)CC1. The molecule has 208 valence electrons. The number of carbonyl (C=O) groups is 1. The highest BCUT2D eigenvalue weighted by Gasteiger charge is 2.30. The summed E-state index contributed by atoms with van der Waals surface area (Å²) >= 11 is 0. The predicted molar refractivity (Wildman–Crippen MR) is 154 cm³/mol. The first-order valence-corrected chi connectivity index (χ1v) is 15.0. The van der Waals surface area contributed by atoms with Gasteiger partial charge in [-0.25, -0.2) is 17.5 Å². The zero-order valence-electron chi connectivity index (χ0n) is 22.9. The van der Waals surface area contributed by atoms with Crippen LogP contribution in [0.2, 0.25) is 0 Å². The lowest BCUT2D eigenvalue weighted by Crippen LogP contribution is -2.47. The van der Waals surface area contributed by atoms with Crippen molar-refractivity contribution in [1.29, 1.82) is 0 Å². The molecular weight excluding hydrogens is 510 g/mol. The number of likely N-dealkylation sites (N-methyl/N-ethyl adjacent to an activating group) is 1. The van der Waals surface area contributed by atoms with Crippen molar-refractivity contribution in [3.8, 4) is 0 Å². The standard InChI is InChI=1S/C31H39N3O4S/c1-32(39(36,37)30-16-10-5-11-17-30)25-28(27-14-8-4-9-15-27)18-21-33-22-19-29(20-23-33)34(31(35)38-2)24-26-12-6-3-7-13-26/h3-17,28-29H,18-25H2,1-2H3/t28-/m1/s1. The van der Waals surface area contributed by atoms with Gasteiger partial charge in [-0.3, -0.25) is 0 Å². The number of carbonyl (C=O) groups excluding carboxylic acids is 1. The maximum Gasteiger partial charge on any atom is 0.410 e. The fourth-order valence-electron chi connectivity index (χ4n) is 5.30. The molecule has 3 aromatic rings. The number of hydrogen-bond donors (Lipinski definition) is 0. The second-order valence-electron chi connectivity index (χ2n) is 10.2. The molecule has 0 unspecified atom stereocenters. The van der Waals surface area contributed by atoms with Crippen molar-refractivity contribution in [3.05, 3.63) is 102 Å². The van der Waals surface area contributed by atoms with Gasteiger partial charge in [-0.1, -0.05) is 78.9 Å². The number of amides is 1. The normalized spacial score (nSPS) is 15.7. The lowest BCUT2D eigenvalue weighted by atomic mass is 9.94. The van der Waals surface area contributed by atoms with E-state index in [1.807, 2.05) is 59.5 Å². The molecule has 0 aliphatic carbocycles. The second-order valence-corrected chi connectivity index (χ2v) is 12.2.